The minimum Gasteiger partial charge on any atom is -0.497 e. The molecule has 9 nitrogen and oxygen atoms in total. The summed E-state index contributed by atoms with van der Waals surface area (Å²) in [6, 6.07) is 6.16. The molecule has 0 bridgehead atoms. The van der Waals surface area contributed by atoms with Crippen molar-refractivity contribution in [3.63, 3.8) is 0 Å². The predicted molar refractivity (Wildman–Crippen MR) is 103 cm³/mol. The fraction of sp³-hybridized carbons (Fsp3) is 0.579. The van der Waals surface area contributed by atoms with E-state index in [2.05, 4.69) is 15.5 Å². The maximum absolute atomic E-state index is 12.2. The first-order valence-corrected chi connectivity index (χ1v) is 9.45. The molecular formula is C19H28N4O5. The van der Waals surface area contributed by atoms with Crippen molar-refractivity contribution in [3.8, 4) is 5.75 Å². The van der Waals surface area contributed by atoms with Gasteiger partial charge in [0.05, 0.1) is 25.9 Å². The van der Waals surface area contributed by atoms with Crippen LogP contribution in [0.2, 0.25) is 0 Å². The summed E-state index contributed by atoms with van der Waals surface area (Å²) >= 11 is 0. The van der Waals surface area contributed by atoms with Gasteiger partial charge in [0.25, 0.3) is 0 Å². The number of carbonyl (C=O) groups excluding carboxylic acids is 2. The predicted octanol–water partition coefficient (Wildman–Crippen LogP) is 0.109. The number of carbonyl (C=O) groups is 2. The third kappa shape index (κ3) is 5.12. The third-order valence-corrected chi connectivity index (χ3v) is 5.18. The number of methoxy groups -OCH3 is 1. The number of ether oxygens (including phenoxy) is 2. The minimum absolute atomic E-state index is 0.0862. The molecule has 28 heavy (non-hydrogen) atoms. The number of aliphatic hydroxyl groups is 1. The number of anilines is 1. The van der Waals surface area contributed by atoms with Gasteiger partial charge in [0.1, 0.15) is 11.9 Å². The van der Waals surface area contributed by atoms with Crippen molar-refractivity contribution >= 4 is 17.6 Å². The highest BCUT2D eigenvalue weighted by Gasteiger charge is 2.38. The second-order valence-corrected chi connectivity index (χ2v) is 7.11. The summed E-state index contributed by atoms with van der Waals surface area (Å²) in [5.41, 5.74) is 0.602. The summed E-state index contributed by atoms with van der Waals surface area (Å²) in [6.07, 6.45) is -1.16. The van der Waals surface area contributed by atoms with Crippen molar-refractivity contribution in [2.45, 2.75) is 25.2 Å². The second kappa shape index (κ2) is 9.22. The SMILES string of the molecule is COc1cccc(NC(=O)N[C@H]2CO[C@@H](CN3CCN(C(C)=O)CC3)[C@@H]2O)c1. The lowest BCUT2D eigenvalue weighted by atomic mass is 10.1. The fourth-order valence-electron chi connectivity index (χ4n) is 3.51. The minimum atomic E-state index is -0.790. The molecule has 3 rings (SSSR count). The van der Waals surface area contributed by atoms with Crippen molar-refractivity contribution in [1.29, 1.82) is 0 Å². The van der Waals surface area contributed by atoms with Gasteiger partial charge >= 0.3 is 6.03 Å². The van der Waals surface area contributed by atoms with Crippen molar-refractivity contribution in [1.82, 2.24) is 15.1 Å². The largest absolute Gasteiger partial charge is 0.497 e. The van der Waals surface area contributed by atoms with E-state index in [9.17, 15) is 14.7 Å². The maximum Gasteiger partial charge on any atom is 0.319 e. The van der Waals surface area contributed by atoms with E-state index in [-0.39, 0.29) is 18.6 Å². The van der Waals surface area contributed by atoms with E-state index in [0.717, 1.165) is 13.1 Å². The molecule has 0 radical (unpaired) electrons. The molecule has 0 aliphatic carbocycles. The normalized spacial score (nSPS) is 25.4. The lowest BCUT2D eigenvalue weighted by Gasteiger charge is -2.35. The van der Waals surface area contributed by atoms with Crippen LogP contribution in [-0.2, 0) is 9.53 Å². The van der Waals surface area contributed by atoms with Crippen LogP contribution in [0.1, 0.15) is 6.92 Å². The van der Waals surface area contributed by atoms with Gasteiger partial charge in [-0.05, 0) is 12.1 Å². The maximum atomic E-state index is 12.2. The Bertz CT molecular complexity index is 693. The van der Waals surface area contributed by atoms with Crippen LogP contribution in [0.5, 0.6) is 5.75 Å². The molecule has 3 N–H and O–H groups in total. The highest BCUT2D eigenvalue weighted by Crippen LogP contribution is 2.19. The standard InChI is InChI=1S/C19H28N4O5/c1-13(24)23-8-6-22(7-9-23)11-17-18(25)16(12-28-17)21-19(26)20-14-4-3-5-15(10-14)27-2/h3-5,10,16-18,25H,6-9,11-12H2,1-2H3,(H2,20,21,26)/t16-,17-,18+/m0/s1. The number of hydrogen-bond donors (Lipinski definition) is 3. The first-order chi connectivity index (χ1) is 13.5. The zero-order valence-corrected chi connectivity index (χ0v) is 16.3. The van der Waals surface area contributed by atoms with E-state index in [0.29, 0.717) is 31.1 Å². The Balaban J connectivity index is 1.45. The average molecular weight is 392 g/mol. The fourth-order valence-corrected chi connectivity index (χ4v) is 3.51. The molecular weight excluding hydrogens is 364 g/mol. The molecule has 0 unspecified atom stereocenters. The topological polar surface area (TPSA) is 103 Å². The summed E-state index contributed by atoms with van der Waals surface area (Å²) < 4.78 is 10.8. The summed E-state index contributed by atoms with van der Waals surface area (Å²) in [6.45, 7) is 5.27. The highest BCUT2D eigenvalue weighted by molar-refractivity contribution is 5.89. The molecule has 2 aliphatic rings. The van der Waals surface area contributed by atoms with Crippen LogP contribution in [0.25, 0.3) is 0 Å². The lowest BCUT2D eigenvalue weighted by Crippen LogP contribution is -2.52. The van der Waals surface area contributed by atoms with E-state index >= 15 is 0 Å². The molecule has 2 heterocycles. The smallest absolute Gasteiger partial charge is 0.319 e. The van der Waals surface area contributed by atoms with Crippen LogP contribution < -0.4 is 15.4 Å². The molecule has 3 amide bonds. The zero-order chi connectivity index (χ0) is 20.1. The number of benzene rings is 1. The average Bonchev–Trinajstić information content (AvgIpc) is 3.02. The van der Waals surface area contributed by atoms with Crippen LogP contribution in [0.15, 0.2) is 24.3 Å². The molecule has 2 fully saturated rings. The van der Waals surface area contributed by atoms with E-state index < -0.39 is 18.2 Å². The van der Waals surface area contributed by atoms with Crippen LogP contribution in [0.4, 0.5) is 10.5 Å². The summed E-state index contributed by atoms with van der Waals surface area (Å²) in [5, 5.41) is 16.0. The Morgan fingerprint density at radius 3 is 2.71 bits per heavy atom. The van der Waals surface area contributed by atoms with Crippen molar-refractivity contribution < 1.29 is 24.2 Å². The van der Waals surface area contributed by atoms with Gasteiger partial charge < -0.3 is 30.1 Å². The molecule has 2 saturated heterocycles. The summed E-state index contributed by atoms with van der Waals surface area (Å²) in [7, 11) is 1.56. The number of hydrogen-bond acceptors (Lipinski definition) is 6. The molecule has 3 atom stereocenters. The van der Waals surface area contributed by atoms with Gasteiger partial charge in [-0.2, -0.15) is 0 Å². The van der Waals surface area contributed by atoms with Gasteiger partial charge in [-0.25, -0.2) is 4.79 Å². The number of urea groups is 1. The van der Waals surface area contributed by atoms with E-state index in [4.69, 9.17) is 9.47 Å². The molecule has 1 aromatic carbocycles. The zero-order valence-electron chi connectivity index (χ0n) is 16.3. The number of nitrogens with zero attached hydrogens (tertiary/aromatic N) is 2. The van der Waals surface area contributed by atoms with Gasteiger partial charge in [-0.3, -0.25) is 9.69 Å². The van der Waals surface area contributed by atoms with E-state index in [1.54, 1.807) is 38.3 Å². The van der Waals surface area contributed by atoms with E-state index in [1.165, 1.54) is 0 Å². The number of amides is 3. The molecule has 0 saturated carbocycles. The van der Waals surface area contributed by atoms with Gasteiger partial charge in [0, 0.05) is 51.4 Å². The lowest BCUT2D eigenvalue weighted by molar-refractivity contribution is -0.130. The first kappa shape index (κ1) is 20.4. The monoisotopic (exact) mass is 392 g/mol. The molecule has 154 valence electrons. The molecule has 0 spiro atoms. The Hall–Kier alpha value is -2.36. The van der Waals surface area contributed by atoms with Crippen molar-refractivity contribution in [2.24, 2.45) is 0 Å². The third-order valence-electron chi connectivity index (χ3n) is 5.18. The number of rotatable bonds is 5. The Labute approximate surface area is 164 Å². The molecule has 2 aliphatic heterocycles. The summed E-state index contributed by atoms with van der Waals surface area (Å²) in [5.74, 6) is 0.732. The molecule has 1 aromatic rings. The van der Waals surface area contributed by atoms with Crippen LogP contribution >= 0.6 is 0 Å². The van der Waals surface area contributed by atoms with Crippen LogP contribution in [0.3, 0.4) is 0 Å². The Morgan fingerprint density at radius 2 is 2.04 bits per heavy atom. The van der Waals surface area contributed by atoms with Crippen molar-refractivity contribution in [3.05, 3.63) is 24.3 Å². The molecule has 0 aromatic heterocycles. The number of piperazine rings is 1. The van der Waals surface area contributed by atoms with Gasteiger partial charge in [-0.15, -0.1) is 0 Å². The first-order valence-electron chi connectivity index (χ1n) is 9.45. The highest BCUT2D eigenvalue weighted by atomic mass is 16.5. The quantitative estimate of drug-likeness (QED) is 0.657. The number of nitrogens with one attached hydrogen (secondary N) is 2. The van der Waals surface area contributed by atoms with Gasteiger partial charge in [0.2, 0.25) is 5.91 Å². The van der Waals surface area contributed by atoms with E-state index in [1.807, 2.05) is 4.90 Å². The summed E-state index contributed by atoms with van der Waals surface area (Å²) in [4.78, 5) is 27.6. The molecule has 9 heteroatoms. The Kier molecular flexibility index (Phi) is 6.71. The number of aliphatic hydroxyl groups excluding tert-OH is 1. The Morgan fingerprint density at radius 1 is 1.29 bits per heavy atom. The van der Waals surface area contributed by atoms with Gasteiger partial charge in [-0.1, -0.05) is 6.07 Å². The second-order valence-electron chi connectivity index (χ2n) is 7.11. The van der Waals surface area contributed by atoms with Crippen LogP contribution in [0, 0.1) is 0 Å². The van der Waals surface area contributed by atoms with Crippen LogP contribution in [-0.4, -0.2) is 91.5 Å². The van der Waals surface area contributed by atoms with Crippen molar-refractivity contribution in [2.75, 3.05) is 51.8 Å². The van der Waals surface area contributed by atoms with Gasteiger partial charge in [0.15, 0.2) is 0 Å².